The summed E-state index contributed by atoms with van der Waals surface area (Å²) < 4.78 is 13.6. The van der Waals surface area contributed by atoms with Crippen molar-refractivity contribution in [2.45, 2.75) is 25.3 Å². The number of hydrogen-bond donors (Lipinski definition) is 2. The molecule has 0 heterocycles. The third-order valence-corrected chi connectivity index (χ3v) is 4.10. The maximum absolute atomic E-state index is 13.6. The zero-order chi connectivity index (χ0) is 14.1. The molecule has 0 amide bonds. The van der Waals surface area contributed by atoms with Gasteiger partial charge >= 0.3 is 0 Å². The first-order valence-corrected chi connectivity index (χ1v) is 6.97. The zero-order valence-electron chi connectivity index (χ0n) is 11.5. The minimum Gasteiger partial charge on any atom is -0.271 e. The van der Waals surface area contributed by atoms with Gasteiger partial charge in [-0.25, -0.2) is 4.39 Å². The highest BCUT2D eigenvalue weighted by Crippen LogP contribution is 2.53. The summed E-state index contributed by atoms with van der Waals surface area (Å²) in [6.07, 6.45) is 1.09. The molecular weight excluding hydrogens is 251 g/mol. The summed E-state index contributed by atoms with van der Waals surface area (Å²) in [6, 6.07) is 15.6. The predicted molar refractivity (Wildman–Crippen MR) is 78.5 cm³/mol. The van der Waals surface area contributed by atoms with Gasteiger partial charge in [0.15, 0.2) is 0 Å². The van der Waals surface area contributed by atoms with Gasteiger partial charge in [0.25, 0.3) is 0 Å². The smallest absolute Gasteiger partial charge is 0.123 e. The summed E-state index contributed by atoms with van der Waals surface area (Å²) in [4.78, 5) is 0. The van der Waals surface area contributed by atoms with Crippen molar-refractivity contribution in [1.29, 1.82) is 0 Å². The Kier molecular flexibility index (Phi) is 3.55. The molecule has 20 heavy (non-hydrogen) atoms. The van der Waals surface area contributed by atoms with Crippen molar-refractivity contribution in [3.63, 3.8) is 0 Å². The summed E-state index contributed by atoms with van der Waals surface area (Å²) in [6.45, 7) is 1.90. The van der Waals surface area contributed by atoms with Crippen LogP contribution in [0.3, 0.4) is 0 Å². The molecule has 2 aromatic carbocycles. The molecule has 0 saturated heterocycles. The molecule has 1 saturated carbocycles. The average molecular weight is 270 g/mol. The van der Waals surface area contributed by atoms with E-state index in [9.17, 15) is 4.39 Å². The molecule has 0 spiro atoms. The van der Waals surface area contributed by atoms with E-state index in [-0.39, 0.29) is 11.9 Å². The van der Waals surface area contributed by atoms with E-state index >= 15 is 0 Å². The highest BCUT2D eigenvalue weighted by Gasteiger charge is 2.44. The van der Waals surface area contributed by atoms with Gasteiger partial charge in [0, 0.05) is 6.04 Å². The Hall–Kier alpha value is -1.71. The summed E-state index contributed by atoms with van der Waals surface area (Å²) >= 11 is 0. The van der Waals surface area contributed by atoms with Gasteiger partial charge in [-0.05, 0) is 54.0 Å². The van der Waals surface area contributed by atoms with Crippen LogP contribution in [-0.4, -0.2) is 0 Å². The molecule has 2 aromatic rings. The minimum atomic E-state index is -0.197. The molecule has 3 unspecified atom stereocenters. The zero-order valence-corrected chi connectivity index (χ0v) is 11.5. The lowest BCUT2D eigenvalue weighted by Crippen LogP contribution is -2.30. The molecular formula is C17H19FN2. The van der Waals surface area contributed by atoms with E-state index in [0.717, 1.165) is 17.5 Å². The van der Waals surface area contributed by atoms with Crippen LogP contribution in [0.5, 0.6) is 0 Å². The lowest BCUT2D eigenvalue weighted by molar-refractivity contribution is 0.483. The molecule has 1 fully saturated rings. The second-order valence-electron chi connectivity index (χ2n) is 5.62. The van der Waals surface area contributed by atoms with E-state index in [0.29, 0.717) is 11.8 Å². The SMILES string of the molecule is Cc1cc(F)cc(C(NN)C2CC2c2ccccc2)c1. The normalized spacial score (nSPS) is 22.6. The Morgan fingerprint density at radius 3 is 2.60 bits per heavy atom. The molecule has 3 N–H and O–H groups in total. The second kappa shape index (κ2) is 5.35. The first-order chi connectivity index (χ1) is 9.69. The second-order valence-corrected chi connectivity index (χ2v) is 5.62. The van der Waals surface area contributed by atoms with Crippen molar-refractivity contribution in [2.75, 3.05) is 0 Å². The van der Waals surface area contributed by atoms with Crippen LogP contribution in [0.15, 0.2) is 48.5 Å². The Morgan fingerprint density at radius 1 is 1.20 bits per heavy atom. The topological polar surface area (TPSA) is 38.0 Å². The highest BCUT2D eigenvalue weighted by atomic mass is 19.1. The van der Waals surface area contributed by atoms with Crippen molar-refractivity contribution in [2.24, 2.45) is 11.8 Å². The van der Waals surface area contributed by atoms with E-state index in [1.54, 1.807) is 12.1 Å². The van der Waals surface area contributed by atoms with Crippen LogP contribution in [-0.2, 0) is 0 Å². The Balaban J connectivity index is 1.82. The van der Waals surface area contributed by atoms with Gasteiger partial charge in [0.2, 0.25) is 0 Å². The third kappa shape index (κ3) is 2.60. The first kappa shape index (κ1) is 13.3. The van der Waals surface area contributed by atoms with E-state index < -0.39 is 0 Å². The largest absolute Gasteiger partial charge is 0.271 e. The van der Waals surface area contributed by atoms with E-state index in [4.69, 9.17) is 5.84 Å². The van der Waals surface area contributed by atoms with Crippen molar-refractivity contribution in [3.8, 4) is 0 Å². The molecule has 1 aliphatic rings. The molecule has 104 valence electrons. The molecule has 0 radical (unpaired) electrons. The summed E-state index contributed by atoms with van der Waals surface area (Å²) in [5.74, 6) is 6.47. The lowest BCUT2D eigenvalue weighted by Gasteiger charge is -2.17. The molecule has 0 bridgehead atoms. The minimum absolute atomic E-state index is 0.00889. The molecule has 3 rings (SSSR count). The number of rotatable bonds is 4. The quantitative estimate of drug-likeness (QED) is 0.659. The molecule has 1 aliphatic carbocycles. The maximum atomic E-state index is 13.6. The fourth-order valence-electron chi connectivity index (χ4n) is 3.08. The summed E-state index contributed by atoms with van der Waals surface area (Å²) in [7, 11) is 0. The van der Waals surface area contributed by atoms with Crippen LogP contribution >= 0.6 is 0 Å². The number of aryl methyl sites for hydroxylation is 1. The average Bonchev–Trinajstić information content (AvgIpc) is 3.20. The molecule has 2 nitrogen and oxygen atoms in total. The van der Waals surface area contributed by atoms with Crippen LogP contribution < -0.4 is 11.3 Å². The molecule has 3 heteroatoms. The van der Waals surface area contributed by atoms with Gasteiger partial charge in [-0.15, -0.1) is 0 Å². The number of nitrogens with two attached hydrogens (primary N) is 1. The molecule has 0 aromatic heterocycles. The summed E-state index contributed by atoms with van der Waals surface area (Å²) in [5, 5.41) is 0. The summed E-state index contributed by atoms with van der Waals surface area (Å²) in [5.41, 5.74) is 6.07. The number of hydrazine groups is 1. The van der Waals surface area contributed by atoms with Gasteiger partial charge in [0.05, 0.1) is 0 Å². The predicted octanol–water partition coefficient (Wildman–Crippen LogP) is 3.44. The molecule has 3 atom stereocenters. The van der Waals surface area contributed by atoms with Gasteiger partial charge in [-0.1, -0.05) is 36.4 Å². The Labute approximate surface area is 118 Å². The molecule has 0 aliphatic heterocycles. The number of nitrogens with one attached hydrogen (secondary N) is 1. The Morgan fingerprint density at radius 2 is 1.95 bits per heavy atom. The van der Waals surface area contributed by atoms with Gasteiger partial charge in [-0.2, -0.15) is 0 Å². The van der Waals surface area contributed by atoms with Crippen molar-refractivity contribution < 1.29 is 4.39 Å². The number of halogens is 1. The van der Waals surface area contributed by atoms with E-state index in [2.05, 4.69) is 29.7 Å². The standard InChI is InChI=1S/C17H19FN2/c1-11-7-13(9-14(18)8-11)17(20-19)16-10-15(16)12-5-3-2-4-6-12/h2-9,15-17,20H,10,19H2,1H3. The van der Waals surface area contributed by atoms with Crippen LogP contribution in [0.2, 0.25) is 0 Å². The van der Waals surface area contributed by atoms with Gasteiger partial charge in [0.1, 0.15) is 5.82 Å². The van der Waals surface area contributed by atoms with Crippen LogP contribution in [0, 0.1) is 18.7 Å². The van der Waals surface area contributed by atoms with Crippen LogP contribution in [0.1, 0.15) is 35.1 Å². The maximum Gasteiger partial charge on any atom is 0.123 e. The van der Waals surface area contributed by atoms with Crippen LogP contribution in [0.4, 0.5) is 4.39 Å². The fourth-order valence-corrected chi connectivity index (χ4v) is 3.08. The van der Waals surface area contributed by atoms with Crippen molar-refractivity contribution in [1.82, 2.24) is 5.43 Å². The number of hydrogen-bond acceptors (Lipinski definition) is 2. The fraction of sp³-hybridized carbons (Fsp3) is 0.294. The highest BCUT2D eigenvalue weighted by molar-refractivity contribution is 5.32. The first-order valence-electron chi connectivity index (χ1n) is 6.97. The van der Waals surface area contributed by atoms with E-state index in [1.165, 1.54) is 5.56 Å². The van der Waals surface area contributed by atoms with Gasteiger partial charge in [-0.3, -0.25) is 11.3 Å². The number of benzene rings is 2. The lowest BCUT2D eigenvalue weighted by atomic mass is 9.98. The van der Waals surface area contributed by atoms with Crippen molar-refractivity contribution >= 4 is 0 Å². The third-order valence-electron chi connectivity index (χ3n) is 4.10. The van der Waals surface area contributed by atoms with Crippen LogP contribution in [0.25, 0.3) is 0 Å². The van der Waals surface area contributed by atoms with E-state index in [1.807, 2.05) is 19.1 Å². The van der Waals surface area contributed by atoms with Crippen molar-refractivity contribution in [3.05, 3.63) is 71.0 Å². The van der Waals surface area contributed by atoms with Gasteiger partial charge < -0.3 is 0 Å². The monoisotopic (exact) mass is 270 g/mol. The Bertz CT molecular complexity index is 577.